The van der Waals surface area contributed by atoms with Crippen LogP contribution in [0.2, 0.25) is 0 Å². The molecule has 0 unspecified atom stereocenters. The predicted molar refractivity (Wildman–Crippen MR) is 90.5 cm³/mol. The summed E-state index contributed by atoms with van der Waals surface area (Å²) in [4.78, 5) is 4.46. The zero-order valence-electron chi connectivity index (χ0n) is 11.4. The number of hydrogen-bond donors (Lipinski definition) is 0. The first-order chi connectivity index (χ1) is 10.4. The van der Waals surface area contributed by atoms with Crippen molar-refractivity contribution in [1.82, 2.24) is 4.98 Å². The molecular weight excluding hydrogens is 274 g/mol. The van der Waals surface area contributed by atoms with E-state index >= 15 is 0 Å². The first kappa shape index (κ1) is 12.3. The maximum Gasteiger partial charge on any atom is 0.0818 e. The minimum atomic E-state index is 1.07. The van der Waals surface area contributed by atoms with Gasteiger partial charge in [-0.2, -0.15) is 0 Å². The quantitative estimate of drug-likeness (QED) is 0.465. The Labute approximate surface area is 127 Å². The fraction of sp³-hybridized carbons (Fsp3) is 0. The summed E-state index contributed by atoms with van der Waals surface area (Å²) >= 11 is 1.69. The summed E-state index contributed by atoms with van der Waals surface area (Å²) in [6, 6.07) is 25.5. The lowest BCUT2D eigenvalue weighted by Gasteiger charge is -2.10. The molecule has 0 atom stereocenters. The van der Waals surface area contributed by atoms with Gasteiger partial charge in [-0.15, -0.1) is 11.3 Å². The number of benzene rings is 3. The lowest BCUT2D eigenvalue weighted by molar-refractivity contribution is 1.49. The van der Waals surface area contributed by atoms with Crippen molar-refractivity contribution in [3.63, 3.8) is 0 Å². The molecule has 100 valence electrons. The van der Waals surface area contributed by atoms with Crippen molar-refractivity contribution in [2.24, 2.45) is 0 Å². The molecule has 2 heteroatoms. The summed E-state index contributed by atoms with van der Waals surface area (Å²) < 4.78 is 1.23. The lowest BCUT2D eigenvalue weighted by Crippen LogP contribution is -1.85. The summed E-state index contributed by atoms with van der Waals surface area (Å²) in [7, 11) is 0. The van der Waals surface area contributed by atoms with Crippen molar-refractivity contribution in [3.05, 3.63) is 78.3 Å². The molecule has 4 aromatic rings. The topological polar surface area (TPSA) is 12.9 Å². The van der Waals surface area contributed by atoms with Crippen LogP contribution < -0.4 is 0 Å². The van der Waals surface area contributed by atoms with Crippen molar-refractivity contribution >= 4 is 21.6 Å². The SMILES string of the molecule is c1ccc(-c2cc3ncsc3cc2-c2ccccc2)cc1. The van der Waals surface area contributed by atoms with Crippen molar-refractivity contribution < 1.29 is 0 Å². The smallest absolute Gasteiger partial charge is 0.0818 e. The number of rotatable bonds is 2. The zero-order chi connectivity index (χ0) is 14.1. The van der Waals surface area contributed by atoms with Crippen molar-refractivity contribution in [2.45, 2.75) is 0 Å². The molecule has 0 radical (unpaired) electrons. The van der Waals surface area contributed by atoms with Crippen molar-refractivity contribution in [2.75, 3.05) is 0 Å². The fourth-order valence-corrected chi connectivity index (χ4v) is 3.31. The number of aromatic nitrogens is 1. The van der Waals surface area contributed by atoms with Gasteiger partial charge < -0.3 is 0 Å². The lowest BCUT2D eigenvalue weighted by atomic mass is 9.94. The van der Waals surface area contributed by atoms with Gasteiger partial charge in [0.25, 0.3) is 0 Å². The Morgan fingerprint density at radius 1 is 0.667 bits per heavy atom. The van der Waals surface area contributed by atoms with E-state index < -0.39 is 0 Å². The second-order valence-electron chi connectivity index (χ2n) is 4.95. The van der Waals surface area contributed by atoms with Crippen LogP contribution in [0, 0.1) is 0 Å². The van der Waals surface area contributed by atoms with Crippen LogP contribution in [-0.4, -0.2) is 4.98 Å². The molecule has 0 spiro atoms. The largest absolute Gasteiger partial charge is 0.245 e. The van der Waals surface area contributed by atoms with Gasteiger partial charge in [0.2, 0.25) is 0 Å². The van der Waals surface area contributed by atoms with E-state index in [-0.39, 0.29) is 0 Å². The van der Waals surface area contributed by atoms with Gasteiger partial charge in [0, 0.05) is 0 Å². The summed E-state index contributed by atoms with van der Waals surface area (Å²) in [6.45, 7) is 0. The van der Waals surface area contributed by atoms with E-state index in [4.69, 9.17) is 0 Å². The summed E-state index contributed by atoms with van der Waals surface area (Å²) in [5.74, 6) is 0. The Morgan fingerprint density at radius 2 is 1.24 bits per heavy atom. The molecule has 1 heterocycles. The molecule has 0 aliphatic carbocycles. The minimum Gasteiger partial charge on any atom is -0.245 e. The molecule has 21 heavy (non-hydrogen) atoms. The molecule has 1 aromatic heterocycles. The highest BCUT2D eigenvalue weighted by Gasteiger charge is 2.10. The van der Waals surface area contributed by atoms with E-state index in [1.54, 1.807) is 11.3 Å². The van der Waals surface area contributed by atoms with E-state index in [1.807, 2.05) is 11.6 Å². The van der Waals surface area contributed by atoms with Crippen LogP contribution in [0.5, 0.6) is 0 Å². The number of nitrogens with zero attached hydrogens (tertiary/aromatic N) is 1. The van der Waals surface area contributed by atoms with Crippen molar-refractivity contribution in [1.29, 1.82) is 0 Å². The number of thiazole rings is 1. The molecule has 4 rings (SSSR count). The van der Waals surface area contributed by atoms with Gasteiger partial charge in [-0.05, 0) is 34.4 Å². The molecule has 0 N–H and O–H groups in total. The second-order valence-corrected chi connectivity index (χ2v) is 5.84. The molecule has 0 bridgehead atoms. The standard InChI is InChI=1S/C19H13NS/c1-3-7-14(8-4-1)16-11-18-19(21-13-20-18)12-17(16)15-9-5-2-6-10-15/h1-13H. The third-order valence-electron chi connectivity index (χ3n) is 3.64. The van der Waals surface area contributed by atoms with Crippen LogP contribution in [0.3, 0.4) is 0 Å². The van der Waals surface area contributed by atoms with Gasteiger partial charge >= 0.3 is 0 Å². The van der Waals surface area contributed by atoms with E-state index in [1.165, 1.54) is 27.0 Å². The highest BCUT2D eigenvalue weighted by atomic mass is 32.1. The van der Waals surface area contributed by atoms with Crippen molar-refractivity contribution in [3.8, 4) is 22.3 Å². The average molecular weight is 287 g/mol. The second kappa shape index (κ2) is 5.15. The maximum absolute atomic E-state index is 4.46. The first-order valence-corrected chi connectivity index (χ1v) is 7.78. The van der Waals surface area contributed by atoms with E-state index in [0.29, 0.717) is 0 Å². The van der Waals surface area contributed by atoms with Gasteiger partial charge in [0.1, 0.15) is 0 Å². The van der Waals surface area contributed by atoms with Crippen LogP contribution in [0.15, 0.2) is 78.3 Å². The predicted octanol–water partition coefficient (Wildman–Crippen LogP) is 5.63. The Kier molecular flexibility index (Phi) is 3.02. The van der Waals surface area contributed by atoms with E-state index in [9.17, 15) is 0 Å². The summed E-state index contributed by atoms with van der Waals surface area (Å²) in [5, 5.41) is 0. The third kappa shape index (κ3) is 2.24. The molecule has 1 nitrogen and oxygen atoms in total. The molecule has 0 aliphatic heterocycles. The zero-order valence-corrected chi connectivity index (χ0v) is 12.2. The molecule has 3 aromatic carbocycles. The van der Waals surface area contributed by atoms with Crippen LogP contribution in [0.25, 0.3) is 32.5 Å². The average Bonchev–Trinajstić information content (AvgIpc) is 3.03. The van der Waals surface area contributed by atoms with Crippen LogP contribution >= 0.6 is 11.3 Å². The minimum absolute atomic E-state index is 1.07. The monoisotopic (exact) mass is 287 g/mol. The van der Waals surface area contributed by atoms with Gasteiger partial charge in [0.15, 0.2) is 0 Å². The molecular formula is C19H13NS. The highest BCUT2D eigenvalue weighted by molar-refractivity contribution is 7.16. The van der Waals surface area contributed by atoms with Gasteiger partial charge in [0.05, 0.1) is 15.7 Å². The van der Waals surface area contributed by atoms with E-state index in [0.717, 1.165) is 5.52 Å². The normalized spacial score (nSPS) is 10.9. The van der Waals surface area contributed by atoms with Gasteiger partial charge in [-0.1, -0.05) is 60.7 Å². The van der Waals surface area contributed by atoms with Crippen LogP contribution in [0.4, 0.5) is 0 Å². The summed E-state index contributed by atoms with van der Waals surface area (Å²) in [5.41, 5.74) is 7.95. The molecule has 0 fully saturated rings. The highest BCUT2D eigenvalue weighted by Crippen LogP contribution is 2.36. The van der Waals surface area contributed by atoms with E-state index in [2.05, 4.69) is 71.7 Å². The first-order valence-electron chi connectivity index (χ1n) is 6.90. The van der Waals surface area contributed by atoms with Gasteiger partial charge in [-0.3, -0.25) is 0 Å². The maximum atomic E-state index is 4.46. The molecule has 0 aliphatic rings. The third-order valence-corrected chi connectivity index (χ3v) is 4.43. The Balaban J connectivity index is 2.03. The Bertz CT molecular complexity index is 806. The fourth-order valence-electron chi connectivity index (χ4n) is 2.62. The molecule has 0 saturated heterocycles. The summed E-state index contributed by atoms with van der Waals surface area (Å²) in [6.07, 6.45) is 0. The Morgan fingerprint density at radius 3 is 1.86 bits per heavy atom. The molecule has 0 saturated carbocycles. The van der Waals surface area contributed by atoms with Crippen LogP contribution in [-0.2, 0) is 0 Å². The number of hydrogen-bond acceptors (Lipinski definition) is 2. The Hall–Kier alpha value is -2.45. The molecule has 0 amide bonds. The van der Waals surface area contributed by atoms with Gasteiger partial charge in [-0.25, -0.2) is 4.98 Å². The number of fused-ring (bicyclic) bond motifs is 1. The van der Waals surface area contributed by atoms with Crippen LogP contribution in [0.1, 0.15) is 0 Å².